The Morgan fingerprint density at radius 1 is 1.35 bits per heavy atom. The number of rotatable bonds is 1. The molecule has 0 radical (unpaired) electrons. The Kier molecular flexibility index (Phi) is 2.70. The molecule has 92 valence electrons. The van der Waals surface area contributed by atoms with Crippen LogP contribution in [0.5, 0.6) is 0 Å². The highest BCUT2D eigenvalue weighted by atomic mass is 16.6. The third-order valence-electron chi connectivity index (χ3n) is 3.47. The average Bonchev–Trinajstić information content (AvgIpc) is 2.97. The van der Waals surface area contributed by atoms with Crippen molar-refractivity contribution in [1.82, 2.24) is 19.7 Å². The summed E-state index contributed by atoms with van der Waals surface area (Å²) >= 11 is 0. The number of aromatic nitrogens is 3. The highest BCUT2D eigenvalue weighted by molar-refractivity contribution is 5.67. The molecule has 17 heavy (non-hydrogen) atoms. The quantitative estimate of drug-likeness (QED) is 0.734. The Morgan fingerprint density at radius 3 is 3.00 bits per heavy atom. The zero-order valence-electron chi connectivity index (χ0n) is 9.71. The summed E-state index contributed by atoms with van der Waals surface area (Å²) in [5, 5.41) is 7.82. The van der Waals surface area contributed by atoms with Crippen molar-refractivity contribution in [2.75, 3.05) is 6.54 Å². The Hall–Kier alpha value is -1.59. The van der Waals surface area contributed by atoms with Crippen LogP contribution in [-0.4, -0.2) is 38.4 Å². The molecule has 1 fully saturated rings. The molecule has 3 rings (SSSR count). The van der Waals surface area contributed by atoms with Crippen LogP contribution in [0.3, 0.4) is 0 Å². The standard InChI is InChI=1S/C11H16N4O2/c16-11(17-9-3-1-2-4-9)14-5-6-15-8-12-13-10(15)7-14/h8-9H,1-7H2. The first-order chi connectivity index (χ1) is 8.33. The van der Waals surface area contributed by atoms with Crippen LogP contribution >= 0.6 is 0 Å². The van der Waals surface area contributed by atoms with Gasteiger partial charge in [-0.25, -0.2) is 4.79 Å². The van der Waals surface area contributed by atoms with Crippen LogP contribution in [0.2, 0.25) is 0 Å². The maximum atomic E-state index is 11.9. The maximum Gasteiger partial charge on any atom is 0.410 e. The monoisotopic (exact) mass is 236 g/mol. The summed E-state index contributed by atoms with van der Waals surface area (Å²) in [6.07, 6.45) is 5.99. The van der Waals surface area contributed by atoms with E-state index in [1.54, 1.807) is 11.2 Å². The topological polar surface area (TPSA) is 60.2 Å². The molecule has 0 bridgehead atoms. The summed E-state index contributed by atoms with van der Waals surface area (Å²) in [6, 6.07) is 0. The minimum absolute atomic E-state index is 0.127. The molecule has 0 atom stereocenters. The molecule has 0 unspecified atom stereocenters. The number of hydrogen-bond acceptors (Lipinski definition) is 4. The fraction of sp³-hybridized carbons (Fsp3) is 0.727. The van der Waals surface area contributed by atoms with Gasteiger partial charge in [0.25, 0.3) is 0 Å². The van der Waals surface area contributed by atoms with Crippen molar-refractivity contribution in [2.24, 2.45) is 0 Å². The maximum absolute atomic E-state index is 11.9. The second kappa shape index (κ2) is 4.35. The predicted octanol–water partition coefficient (Wildman–Crippen LogP) is 1.17. The lowest BCUT2D eigenvalue weighted by molar-refractivity contribution is 0.0576. The van der Waals surface area contributed by atoms with Crippen molar-refractivity contribution in [1.29, 1.82) is 0 Å². The van der Waals surface area contributed by atoms with E-state index in [4.69, 9.17) is 4.74 Å². The zero-order chi connectivity index (χ0) is 11.7. The van der Waals surface area contributed by atoms with Crippen molar-refractivity contribution in [3.8, 4) is 0 Å². The van der Waals surface area contributed by atoms with E-state index in [0.29, 0.717) is 13.1 Å². The van der Waals surface area contributed by atoms with Crippen LogP contribution in [0.1, 0.15) is 31.5 Å². The summed E-state index contributed by atoms with van der Waals surface area (Å²) in [4.78, 5) is 13.6. The molecule has 6 nitrogen and oxygen atoms in total. The Bertz CT molecular complexity index is 411. The third kappa shape index (κ3) is 2.11. The number of carbonyl (C=O) groups is 1. The number of hydrogen-bond donors (Lipinski definition) is 0. The van der Waals surface area contributed by atoms with Gasteiger partial charge in [-0.1, -0.05) is 0 Å². The van der Waals surface area contributed by atoms with E-state index in [2.05, 4.69) is 10.2 Å². The van der Waals surface area contributed by atoms with Gasteiger partial charge in [-0.3, -0.25) is 4.90 Å². The van der Waals surface area contributed by atoms with Crippen LogP contribution in [-0.2, 0) is 17.8 Å². The first kappa shape index (κ1) is 10.6. The van der Waals surface area contributed by atoms with E-state index < -0.39 is 0 Å². The molecule has 0 aromatic carbocycles. The minimum atomic E-state index is -0.203. The molecule has 1 aliphatic carbocycles. The molecule has 2 aliphatic rings. The van der Waals surface area contributed by atoms with Gasteiger partial charge in [0.1, 0.15) is 12.4 Å². The van der Waals surface area contributed by atoms with E-state index in [9.17, 15) is 4.79 Å². The first-order valence-corrected chi connectivity index (χ1v) is 6.15. The average molecular weight is 236 g/mol. The minimum Gasteiger partial charge on any atom is -0.446 e. The first-order valence-electron chi connectivity index (χ1n) is 6.15. The van der Waals surface area contributed by atoms with E-state index >= 15 is 0 Å². The number of ether oxygens (including phenoxy) is 1. The number of fused-ring (bicyclic) bond motifs is 1. The number of amides is 1. The van der Waals surface area contributed by atoms with Crippen LogP contribution in [0.15, 0.2) is 6.33 Å². The SMILES string of the molecule is O=C(OC1CCCC1)N1CCn2cnnc2C1. The third-order valence-corrected chi connectivity index (χ3v) is 3.47. The van der Waals surface area contributed by atoms with Crippen molar-refractivity contribution in [3.05, 3.63) is 12.2 Å². The Morgan fingerprint density at radius 2 is 2.18 bits per heavy atom. The van der Waals surface area contributed by atoms with Crippen LogP contribution in [0.25, 0.3) is 0 Å². The van der Waals surface area contributed by atoms with Crippen molar-refractivity contribution in [2.45, 2.75) is 44.9 Å². The highest BCUT2D eigenvalue weighted by Gasteiger charge is 2.26. The molecule has 1 aromatic rings. The predicted molar refractivity (Wildman–Crippen MR) is 59.2 cm³/mol. The summed E-state index contributed by atoms with van der Waals surface area (Å²) < 4.78 is 7.44. The molecule has 0 N–H and O–H groups in total. The Labute approximate surface area is 99.6 Å². The second-order valence-corrected chi connectivity index (χ2v) is 4.65. The molecule has 1 saturated carbocycles. The Balaban J connectivity index is 1.60. The summed E-state index contributed by atoms with van der Waals surface area (Å²) in [6.45, 7) is 1.93. The van der Waals surface area contributed by atoms with E-state index in [1.165, 1.54) is 12.8 Å². The molecule has 1 aliphatic heterocycles. The van der Waals surface area contributed by atoms with Crippen molar-refractivity contribution >= 4 is 6.09 Å². The number of nitrogens with zero attached hydrogens (tertiary/aromatic N) is 4. The summed E-state index contributed by atoms with van der Waals surface area (Å²) in [5.74, 6) is 0.833. The largest absolute Gasteiger partial charge is 0.446 e. The molecule has 1 amide bonds. The lowest BCUT2D eigenvalue weighted by Gasteiger charge is -2.27. The van der Waals surface area contributed by atoms with E-state index in [1.807, 2.05) is 4.57 Å². The van der Waals surface area contributed by atoms with Gasteiger partial charge >= 0.3 is 6.09 Å². The fourth-order valence-electron chi connectivity index (χ4n) is 2.45. The van der Waals surface area contributed by atoms with Crippen LogP contribution in [0, 0.1) is 0 Å². The molecular weight excluding hydrogens is 220 g/mol. The smallest absolute Gasteiger partial charge is 0.410 e. The van der Waals surface area contributed by atoms with Gasteiger partial charge < -0.3 is 9.30 Å². The molecule has 0 saturated heterocycles. The molecule has 1 aromatic heterocycles. The van der Waals surface area contributed by atoms with Crippen LogP contribution < -0.4 is 0 Å². The zero-order valence-corrected chi connectivity index (χ0v) is 9.71. The van der Waals surface area contributed by atoms with Gasteiger partial charge in [0.15, 0.2) is 5.82 Å². The fourth-order valence-corrected chi connectivity index (χ4v) is 2.45. The van der Waals surface area contributed by atoms with Gasteiger partial charge in [-0.05, 0) is 25.7 Å². The molecular formula is C11H16N4O2. The van der Waals surface area contributed by atoms with Crippen LogP contribution in [0.4, 0.5) is 4.79 Å². The van der Waals surface area contributed by atoms with Crippen molar-refractivity contribution in [3.63, 3.8) is 0 Å². The summed E-state index contributed by atoms with van der Waals surface area (Å²) in [7, 11) is 0. The van der Waals surface area contributed by atoms with Crippen molar-refractivity contribution < 1.29 is 9.53 Å². The van der Waals surface area contributed by atoms with Gasteiger partial charge in [0.2, 0.25) is 0 Å². The second-order valence-electron chi connectivity index (χ2n) is 4.65. The highest BCUT2D eigenvalue weighted by Crippen LogP contribution is 2.22. The molecule has 2 heterocycles. The van der Waals surface area contributed by atoms with Gasteiger partial charge in [0, 0.05) is 13.1 Å². The van der Waals surface area contributed by atoms with Gasteiger partial charge in [-0.15, -0.1) is 10.2 Å². The van der Waals surface area contributed by atoms with Gasteiger partial charge in [-0.2, -0.15) is 0 Å². The number of carbonyl (C=O) groups excluding carboxylic acids is 1. The molecule has 0 spiro atoms. The molecule has 6 heteroatoms. The lowest BCUT2D eigenvalue weighted by atomic mass is 10.3. The lowest BCUT2D eigenvalue weighted by Crippen LogP contribution is -2.39. The van der Waals surface area contributed by atoms with E-state index in [0.717, 1.165) is 25.2 Å². The summed E-state index contributed by atoms with van der Waals surface area (Å²) in [5.41, 5.74) is 0. The van der Waals surface area contributed by atoms with Gasteiger partial charge in [0.05, 0.1) is 6.54 Å². The normalized spacial score (nSPS) is 20.4. The van der Waals surface area contributed by atoms with E-state index in [-0.39, 0.29) is 12.2 Å².